The molecule has 0 aromatic rings. The highest BCUT2D eigenvalue weighted by atomic mass is 19.5. The second-order valence-electron chi connectivity index (χ2n) is 5.58. The Morgan fingerprint density at radius 2 is 1.00 bits per heavy atom. The zero-order valence-corrected chi connectivity index (χ0v) is 11.1. The largest absolute Gasteiger partial charge is 0.673 e. The molecule has 6 heteroatoms. The molecule has 0 atom stereocenters. The second-order valence-corrected chi connectivity index (χ2v) is 5.58. The lowest BCUT2D eigenvalue weighted by Crippen LogP contribution is -2.44. The van der Waals surface area contributed by atoms with E-state index in [1.54, 1.807) is 0 Å². The lowest BCUT2D eigenvalue weighted by atomic mass is 10.1. The van der Waals surface area contributed by atoms with Crippen molar-refractivity contribution >= 4 is 7.25 Å². The minimum Gasteiger partial charge on any atom is -0.418 e. The standard InChI is InChI=1S/C10H24N.BF4/c1-9(2)7-11(5,6)8-10(3)4;2-1(3,4)5/h9-10H,7-8H2,1-6H3;/q+1;-1. The van der Waals surface area contributed by atoms with Crippen LogP contribution in [0.15, 0.2) is 0 Å². The van der Waals surface area contributed by atoms with E-state index in [0.717, 1.165) is 16.3 Å². The second kappa shape index (κ2) is 7.15. The Morgan fingerprint density at radius 1 is 0.812 bits per heavy atom. The van der Waals surface area contributed by atoms with Gasteiger partial charge in [-0.2, -0.15) is 0 Å². The van der Waals surface area contributed by atoms with Gasteiger partial charge >= 0.3 is 7.25 Å². The van der Waals surface area contributed by atoms with E-state index < -0.39 is 7.25 Å². The third-order valence-corrected chi connectivity index (χ3v) is 1.72. The van der Waals surface area contributed by atoms with Crippen molar-refractivity contribution < 1.29 is 21.7 Å². The molecule has 0 aromatic carbocycles. The van der Waals surface area contributed by atoms with Crippen LogP contribution in [0.4, 0.5) is 17.3 Å². The molecule has 0 aliphatic carbocycles. The highest BCUT2D eigenvalue weighted by molar-refractivity contribution is 6.50. The third kappa shape index (κ3) is 23.5. The first-order chi connectivity index (χ1) is 6.83. The summed E-state index contributed by atoms with van der Waals surface area (Å²) in [6.07, 6.45) is 0. The first kappa shape index (κ1) is 18.1. The fourth-order valence-corrected chi connectivity index (χ4v) is 2.05. The molecule has 0 heterocycles. The van der Waals surface area contributed by atoms with E-state index in [0.29, 0.717) is 0 Å². The monoisotopic (exact) mass is 245 g/mol. The van der Waals surface area contributed by atoms with Crippen LogP contribution in [0.1, 0.15) is 27.7 Å². The van der Waals surface area contributed by atoms with Gasteiger partial charge in [-0.25, -0.2) is 0 Å². The van der Waals surface area contributed by atoms with Crippen molar-refractivity contribution in [2.75, 3.05) is 27.2 Å². The summed E-state index contributed by atoms with van der Waals surface area (Å²) in [5.41, 5.74) is 0. The van der Waals surface area contributed by atoms with Crippen molar-refractivity contribution in [3.63, 3.8) is 0 Å². The summed E-state index contributed by atoms with van der Waals surface area (Å²) in [5, 5.41) is 0. The van der Waals surface area contributed by atoms with Crippen LogP contribution in [0.2, 0.25) is 0 Å². The van der Waals surface area contributed by atoms with Crippen molar-refractivity contribution in [3.05, 3.63) is 0 Å². The smallest absolute Gasteiger partial charge is 0.418 e. The van der Waals surface area contributed by atoms with E-state index >= 15 is 0 Å². The molecule has 0 saturated heterocycles. The number of hydrogen-bond acceptors (Lipinski definition) is 0. The Balaban J connectivity index is 0. The zero-order valence-electron chi connectivity index (χ0n) is 11.1. The lowest BCUT2D eigenvalue weighted by Gasteiger charge is -2.33. The fraction of sp³-hybridized carbons (Fsp3) is 1.00. The Labute approximate surface area is 96.5 Å². The summed E-state index contributed by atoms with van der Waals surface area (Å²) in [4.78, 5) is 0. The minimum atomic E-state index is -6.00. The molecular weight excluding hydrogens is 221 g/mol. The number of halogens is 4. The Hall–Kier alpha value is -0.255. The van der Waals surface area contributed by atoms with Gasteiger partial charge in [0.2, 0.25) is 0 Å². The predicted octanol–water partition coefficient (Wildman–Crippen LogP) is 3.67. The van der Waals surface area contributed by atoms with E-state index in [1.807, 2.05) is 0 Å². The van der Waals surface area contributed by atoms with E-state index in [4.69, 9.17) is 0 Å². The SMILES string of the molecule is CC(C)C[N+](C)(C)CC(C)C.F[B-](F)(F)F. The molecular formula is C10H24BF4N. The number of nitrogens with zero attached hydrogens (tertiary/aromatic N) is 1. The molecule has 16 heavy (non-hydrogen) atoms. The number of rotatable bonds is 4. The first-order valence-corrected chi connectivity index (χ1v) is 5.53. The van der Waals surface area contributed by atoms with Crippen LogP contribution < -0.4 is 0 Å². The van der Waals surface area contributed by atoms with E-state index in [-0.39, 0.29) is 0 Å². The molecule has 0 aliphatic rings. The highest BCUT2D eigenvalue weighted by Gasteiger charge is 2.20. The van der Waals surface area contributed by atoms with Crippen molar-refractivity contribution in [2.24, 2.45) is 11.8 Å². The fourth-order valence-electron chi connectivity index (χ4n) is 2.05. The summed E-state index contributed by atoms with van der Waals surface area (Å²) < 4.78 is 40.2. The van der Waals surface area contributed by atoms with Crippen molar-refractivity contribution in [1.29, 1.82) is 0 Å². The summed E-state index contributed by atoms with van der Waals surface area (Å²) >= 11 is 0. The number of quaternary nitrogens is 1. The van der Waals surface area contributed by atoms with Crippen LogP contribution in [-0.2, 0) is 0 Å². The molecule has 0 bridgehead atoms. The van der Waals surface area contributed by atoms with Gasteiger partial charge in [-0.1, -0.05) is 27.7 Å². The summed E-state index contributed by atoms with van der Waals surface area (Å²) in [5.74, 6) is 1.62. The maximum absolute atomic E-state index is 9.75. The van der Waals surface area contributed by atoms with Gasteiger partial charge in [-0.05, 0) is 0 Å². The van der Waals surface area contributed by atoms with Crippen molar-refractivity contribution in [2.45, 2.75) is 27.7 Å². The summed E-state index contributed by atoms with van der Waals surface area (Å²) in [7, 11) is -1.36. The molecule has 0 aliphatic heterocycles. The molecule has 0 rings (SSSR count). The van der Waals surface area contributed by atoms with Crippen LogP contribution in [0, 0.1) is 11.8 Å². The average Bonchev–Trinajstić information content (AvgIpc) is 1.72. The zero-order chi connectivity index (χ0) is 13.6. The normalized spacial score (nSPS) is 12.8. The van der Waals surface area contributed by atoms with Gasteiger partial charge in [0.1, 0.15) is 0 Å². The van der Waals surface area contributed by atoms with Crippen LogP contribution in [0.5, 0.6) is 0 Å². The molecule has 100 valence electrons. The Bertz CT molecular complexity index is 160. The predicted molar refractivity (Wildman–Crippen MR) is 61.7 cm³/mol. The average molecular weight is 245 g/mol. The van der Waals surface area contributed by atoms with Crippen molar-refractivity contribution in [1.82, 2.24) is 0 Å². The molecule has 0 fully saturated rings. The molecule has 0 saturated carbocycles. The lowest BCUT2D eigenvalue weighted by molar-refractivity contribution is -0.896. The van der Waals surface area contributed by atoms with E-state index in [9.17, 15) is 17.3 Å². The molecule has 0 aromatic heterocycles. The minimum absolute atomic E-state index is 0.809. The molecule has 0 N–H and O–H groups in total. The van der Waals surface area contributed by atoms with Gasteiger partial charge in [-0.15, -0.1) is 0 Å². The van der Waals surface area contributed by atoms with Gasteiger partial charge in [0, 0.05) is 11.8 Å². The van der Waals surface area contributed by atoms with Gasteiger partial charge in [0.05, 0.1) is 27.2 Å². The highest BCUT2D eigenvalue weighted by Crippen LogP contribution is 2.08. The molecule has 0 radical (unpaired) electrons. The summed E-state index contributed by atoms with van der Waals surface area (Å²) in [6.45, 7) is 11.7. The molecule has 0 spiro atoms. The third-order valence-electron chi connectivity index (χ3n) is 1.72. The van der Waals surface area contributed by atoms with Crippen LogP contribution in [-0.4, -0.2) is 38.9 Å². The number of hydrogen-bond donors (Lipinski definition) is 0. The molecule has 0 unspecified atom stereocenters. The van der Waals surface area contributed by atoms with Crippen molar-refractivity contribution in [3.8, 4) is 0 Å². The van der Waals surface area contributed by atoms with Gasteiger partial charge in [0.25, 0.3) is 0 Å². The maximum Gasteiger partial charge on any atom is 0.673 e. The van der Waals surface area contributed by atoms with Crippen LogP contribution in [0.25, 0.3) is 0 Å². The molecule has 0 amide bonds. The Kier molecular flexibility index (Phi) is 8.09. The van der Waals surface area contributed by atoms with Gasteiger partial charge in [-0.3, -0.25) is 0 Å². The van der Waals surface area contributed by atoms with Gasteiger partial charge in [0.15, 0.2) is 0 Å². The maximum atomic E-state index is 9.75. The van der Waals surface area contributed by atoms with Crippen LogP contribution in [0.3, 0.4) is 0 Å². The topological polar surface area (TPSA) is 0 Å². The van der Waals surface area contributed by atoms with E-state index in [2.05, 4.69) is 41.8 Å². The molecule has 1 nitrogen and oxygen atoms in total. The van der Waals surface area contributed by atoms with E-state index in [1.165, 1.54) is 13.1 Å². The van der Waals surface area contributed by atoms with Gasteiger partial charge < -0.3 is 21.7 Å². The van der Waals surface area contributed by atoms with Crippen LogP contribution >= 0.6 is 0 Å². The quantitative estimate of drug-likeness (QED) is 0.402. The summed E-state index contributed by atoms with van der Waals surface area (Å²) in [6, 6.07) is 0. The first-order valence-electron chi connectivity index (χ1n) is 5.53. The Morgan fingerprint density at radius 3 is 1.12 bits per heavy atom.